The van der Waals surface area contributed by atoms with Gasteiger partial charge in [0, 0.05) is 17.3 Å². The molecule has 2 rings (SSSR count). The number of nitrogens with two attached hydrogens (primary N) is 1. The lowest BCUT2D eigenvalue weighted by Crippen LogP contribution is -2.03. The summed E-state index contributed by atoms with van der Waals surface area (Å²) >= 11 is 11.9. The second-order valence-corrected chi connectivity index (χ2v) is 5.65. The molecule has 0 fully saturated rings. The average Bonchev–Trinajstić information content (AvgIpc) is 2.31. The van der Waals surface area contributed by atoms with Gasteiger partial charge in [0.2, 0.25) is 0 Å². The molecule has 0 spiro atoms. The van der Waals surface area contributed by atoms with Gasteiger partial charge < -0.3 is 5.73 Å². The smallest absolute Gasteiger partial charge is 0.161 e. The van der Waals surface area contributed by atoms with Crippen molar-refractivity contribution in [3.05, 3.63) is 40.0 Å². The van der Waals surface area contributed by atoms with Gasteiger partial charge in [0.1, 0.15) is 5.82 Å². The summed E-state index contributed by atoms with van der Waals surface area (Å²) in [6, 6.07) is 7.12. The van der Waals surface area contributed by atoms with Crippen molar-refractivity contribution in [3.63, 3.8) is 0 Å². The quantitative estimate of drug-likeness (QED) is 0.922. The van der Waals surface area contributed by atoms with Crippen molar-refractivity contribution in [1.82, 2.24) is 9.97 Å². The number of halogens is 2. The average molecular weight is 296 g/mol. The van der Waals surface area contributed by atoms with E-state index in [1.807, 2.05) is 6.07 Å². The zero-order chi connectivity index (χ0) is 14.0. The van der Waals surface area contributed by atoms with Gasteiger partial charge >= 0.3 is 0 Å². The fourth-order valence-corrected chi connectivity index (χ4v) is 2.10. The fraction of sp³-hybridized carbons (Fsp3) is 0.286. The van der Waals surface area contributed by atoms with Crippen LogP contribution in [0.4, 0.5) is 5.82 Å². The summed E-state index contributed by atoms with van der Waals surface area (Å²) in [7, 11) is 0. The number of aromatic nitrogens is 2. The first-order valence-corrected chi connectivity index (χ1v) is 6.80. The van der Waals surface area contributed by atoms with Gasteiger partial charge in [-0.3, -0.25) is 0 Å². The Labute approximate surface area is 122 Å². The van der Waals surface area contributed by atoms with Crippen molar-refractivity contribution in [2.24, 2.45) is 5.92 Å². The fourth-order valence-electron chi connectivity index (χ4n) is 1.81. The van der Waals surface area contributed by atoms with Crippen molar-refractivity contribution in [2.45, 2.75) is 20.3 Å². The van der Waals surface area contributed by atoms with E-state index in [1.165, 1.54) is 0 Å². The van der Waals surface area contributed by atoms with Gasteiger partial charge in [0.15, 0.2) is 5.82 Å². The Morgan fingerprint density at radius 2 is 1.84 bits per heavy atom. The van der Waals surface area contributed by atoms with Gasteiger partial charge in [-0.25, -0.2) is 9.97 Å². The minimum Gasteiger partial charge on any atom is -0.384 e. The van der Waals surface area contributed by atoms with Crippen molar-refractivity contribution >= 4 is 29.0 Å². The summed E-state index contributed by atoms with van der Waals surface area (Å²) in [5, 5.41) is 0.993. The van der Waals surface area contributed by atoms with E-state index in [-0.39, 0.29) is 0 Å². The second-order valence-electron chi connectivity index (χ2n) is 4.83. The zero-order valence-electron chi connectivity index (χ0n) is 10.8. The molecule has 3 nitrogen and oxygen atoms in total. The van der Waals surface area contributed by atoms with Crippen molar-refractivity contribution < 1.29 is 0 Å². The first-order chi connectivity index (χ1) is 8.95. The van der Waals surface area contributed by atoms with Gasteiger partial charge in [-0.1, -0.05) is 37.0 Å². The van der Waals surface area contributed by atoms with Crippen LogP contribution in [0.1, 0.15) is 19.5 Å². The number of hydrogen-bond acceptors (Lipinski definition) is 3. The molecular weight excluding hydrogens is 281 g/mol. The molecule has 0 radical (unpaired) electrons. The molecule has 19 heavy (non-hydrogen) atoms. The summed E-state index contributed by atoms with van der Waals surface area (Å²) in [5.74, 6) is 1.55. The molecule has 0 saturated carbocycles. The van der Waals surface area contributed by atoms with Crippen LogP contribution in [0.2, 0.25) is 10.0 Å². The number of rotatable bonds is 3. The molecule has 0 aliphatic rings. The van der Waals surface area contributed by atoms with Gasteiger partial charge in [0.25, 0.3) is 0 Å². The van der Waals surface area contributed by atoms with Crippen LogP contribution in [0, 0.1) is 5.92 Å². The topological polar surface area (TPSA) is 51.8 Å². The van der Waals surface area contributed by atoms with E-state index in [9.17, 15) is 0 Å². The molecule has 0 atom stereocenters. The monoisotopic (exact) mass is 295 g/mol. The molecule has 0 amide bonds. The minimum absolute atomic E-state index is 0.465. The Morgan fingerprint density at radius 1 is 1.11 bits per heavy atom. The first-order valence-electron chi connectivity index (χ1n) is 6.04. The van der Waals surface area contributed by atoms with E-state index in [2.05, 4.69) is 23.8 Å². The molecular formula is C14H15Cl2N3. The van der Waals surface area contributed by atoms with Gasteiger partial charge in [-0.05, 0) is 30.5 Å². The molecule has 5 heteroatoms. The third kappa shape index (κ3) is 3.58. The Hall–Kier alpha value is -1.32. The van der Waals surface area contributed by atoms with Crippen LogP contribution < -0.4 is 5.73 Å². The summed E-state index contributed by atoms with van der Waals surface area (Å²) in [6.07, 6.45) is 0.862. The molecule has 0 saturated heterocycles. The Bertz CT molecular complexity index is 597. The van der Waals surface area contributed by atoms with Crippen LogP contribution in [-0.4, -0.2) is 9.97 Å². The lowest BCUT2D eigenvalue weighted by molar-refractivity contribution is 0.635. The van der Waals surface area contributed by atoms with Gasteiger partial charge in [-0.15, -0.1) is 0 Å². The Morgan fingerprint density at radius 3 is 2.47 bits per heavy atom. The number of hydrogen-bond donors (Lipinski definition) is 1. The minimum atomic E-state index is 0.465. The lowest BCUT2D eigenvalue weighted by atomic mass is 10.1. The van der Waals surface area contributed by atoms with Crippen molar-refractivity contribution in [2.75, 3.05) is 5.73 Å². The number of anilines is 1. The van der Waals surface area contributed by atoms with E-state index in [0.717, 1.165) is 17.7 Å². The molecule has 1 aromatic carbocycles. The van der Waals surface area contributed by atoms with Crippen LogP contribution in [0.3, 0.4) is 0 Å². The highest BCUT2D eigenvalue weighted by molar-refractivity contribution is 6.42. The Kier molecular flexibility index (Phi) is 4.27. The predicted molar refractivity (Wildman–Crippen MR) is 80.4 cm³/mol. The highest BCUT2D eigenvalue weighted by Gasteiger charge is 2.08. The zero-order valence-corrected chi connectivity index (χ0v) is 12.3. The van der Waals surface area contributed by atoms with E-state index in [1.54, 1.807) is 18.2 Å². The van der Waals surface area contributed by atoms with Crippen LogP contribution in [0.25, 0.3) is 11.4 Å². The molecule has 0 aliphatic carbocycles. The van der Waals surface area contributed by atoms with Crippen LogP contribution in [0.5, 0.6) is 0 Å². The van der Waals surface area contributed by atoms with Crippen molar-refractivity contribution in [3.8, 4) is 11.4 Å². The summed E-state index contributed by atoms with van der Waals surface area (Å²) in [4.78, 5) is 8.77. The van der Waals surface area contributed by atoms with E-state index in [4.69, 9.17) is 28.9 Å². The highest BCUT2D eigenvalue weighted by Crippen LogP contribution is 2.27. The van der Waals surface area contributed by atoms with Crippen molar-refractivity contribution in [1.29, 1.82) is 0 Å². The molecule has 0 bridgehead atoms. The number of nitrogens with zero attached hydrogens (tertiary/aromatic N) is 2. The molecule has 100 valence electrons. The SMILES string of the molecule is CC(C)Cc1cc(N)nc(-c2ccc(Cl)c(Cl)c2)n1. The lowest BCUT2D eigenvalue weighted by Gasteiger charge is -2.08. The Balaban J connectivity index is 2.43. The maximum absolute atomic E-state index is 6.01. The summed E-state index contributed by atoms with van der Waals surface area (Å²) < 4.78 is 0. The summed E-state index contributed by atoms with van der Waals surface area (Å²) in [5.41, 5.74) is 7.58. The highest BCUT2D eigenvalue weighted by atomic mass is 35.5. The molecule has 2 aromatic rings. The second kappa shape index (κ2) is 5.76. The standard InChI is InChI=1S/C14H15Cl2N3/c1-8(2)5-10-7-13(17)19-14(18-10)9-3-4-11(15)12(16)6-9/h3-4,6-8H,5H2,1-2H3,(H2,17,18,19). The maximum Gasteiger partial charge on any atom is 0.161 e. The number of nitrogen functional groups attached to an aromatic ring is 1. The number of benzene rings is 1. The normalized spacial score (nSPS) is 11.0. The van der Waals surface area contributed by atoms with Gasteiger partial charge in [0.05, 0.1) is 10.0 Å². The molecule has 1 aromatic heterocycles. The molecule has 0 aliphatic heterocycles. The van der Waals surface area contributed by atoms with E-state index >= 15 is 0 Å². The first kappa shape index (κ1) is 14.1. The maximum atomic E-state index is 6.01. The molecule has 0 unspecified atom stereocenters. The van der Waals surface area contributed by atoms with Crippen LogP contribution >= 0.6 is 23.2 Å². The third-order valence-corrected chi connectivity index (χ3v) is 3.33. The predicted octanol–water partition coefficient (Wildman–Crippen LogP) is 4.23. The van der Waals surface area contributed by atoms with Crippen LogP contribution in [-0.2, 0) is 6.42 Å². The van der Waals surface area contributed by atoms with E-state index < -0.39 is 0 Å². The van der Waals surface area contributed by atoms with Crippen LogP contribution in [0.15, 0.2) is 24.3 Å². The van der Waals surface area contributed by atoms with E-state index in [0.29, 0.717) is 27.6 Å². The third-order valence-electron chi connectivity index (χ3n) is 2.59. The molecule has 2 N–H and O–H groups in total. The van der Waals surface area contributed by atoms with Gasteiger partial charge in [-0.2, -0.15) is 0 Å². The largest absolute Gasteiger partial charge is 0.384 e. The molecule has 1 heterocycles. The summed E-state index contributed by atoms with van der Waals surface area (Å²) in [6.45, 7) is 4.27.